The quantitative estimate of drug-likeness (QED) is 0.728. The smallest absolute Gasteiger partial charge is 0.120 e. The van der Waals surface area contributed by atoms with Gasteiger partial charge in [0.1, 0.15) is 6.29 Å². The van der Waals surface area contributed by atoms with Crippen LogP contribution < -0.4 is 0 Å². The molecule has 100 valence electrons. The third-order valence-electron chi connectivity index (χ3n) is 3.67. The Labute approximate surface area is 105 Å². The summed E-state index contributed by atoms with van der Waals surface area (Å²) >= 11 is 0. The maximum atomic E-state index is 10.7. The minimum Gasteiger partial charge on any atom is -0.390 e. The minimum atomic E-state index is -0.652. The van der Waals surface area contributed by atoms with Crippen LogP contribution in [0.4, 0.5) is 0 Å². The average Bonchev–Trinajstić information content (AvgIpc) is 2.15. The van der Waals surface area contributed by atoms with Gasteiger partial charge in [-0.3, -0.25) is 0 Å². The first-order chi connectivity index (χ1) is 7.85. The lowest BCUT2D eigenvalue weighted by molar-refractivity contribution is -0.111. The van der Waals surface area contributed by atoms with E-state index in [9.17, 15) is 9.90 Å². The summed E-state index contributed by atoms with van der Waals surface area (Å²) in [5, 5.41) is 9.61. The second-order valence-corrected chi connectivity index (χ2v) is 6.33. The number of hydrogen-bond donors (Lipinski definition) is 1. The molecule has 17 heavy (non-hydrogen) atoms. The third kappa shape index (κ3) is 5.64. The first-order valence-corrected chi connectivity index (χ1v) is 6.62. The van der Waals surface area contributed by atoms with Gasteiger partial charge in [-0.2, -0.15) is 0 Å². The highest BCUT2D eigenvalue weighted by atomic mass is 16.5. The van der Waals surface area contributed by atoms with Gasteiger partial charge in [0, 0.05) is 13.0 Å². The fourth-order valence-electron chi connectivity index (χ4n) is 2.51. The van der Waals surface area contributed by atoms with Gasteiger partial charge in [0.05, 0.1) is 11.7 Å². The van der Waals surface area contributed by atoms with Crippen LogP contribution in [0.15, 0.2) is 0 Å². The molecule has 1 rings (SSSR count). The molecule has 0 saturated heterocycles. The second-order valence-electron chi connectivity index (χ2n) is 6.33. The highest BCUT2D eigenvalue weighted by Gasteiger charge is 2.32. The van der Waals surface area contributed by atoms with Crippen LogP contribution in [-0.4, -0.2) is 29.7 Å². The lowest BCUT2D eigenvalue weighted by atomic mass is 9.72. The van der Waals surface area contributed by atoms with Crippen molar-refractivity contribution in [3.63, 3.8) is 0 Å². The molecule has 0 aliphatic heterocycles. The van der Waals surface area contributed by atoms with E-state index in [1.165, 1.54) is 0 Å². The molecule has 2 unspecified atom stereocenters. The van der Waals surface area contributed by atoms with Gasteiger partial charge < -0.3 is 14.6 Å². The van der Waals surface area contributed by atoms with Crippen molar-refractivity contribution in [1.82, 2.24) is 0 Å². The lowest BCUT2D eigenvalue weighted by Gasteiger charge is -2.37. The predicted molar refractivity (Wildman–Crippen MR) is 67.9 cm³/mol. The molecule has 0 radical (unpaired) electrons. The molecule has 1 aliphatic carbocycles. The molecule has 0 heterocycles. The zero-order valence-electron chi connectivity index (χ0n) is 11.4. The van der Waals surface area contributed by atoms with Gasteiger partial charge in [-0.05, 0) is 44.9 Å². The van der Waals surface area contributed by atoms with Crippen LogP contribution in [-0.2, 0) is 9.53 Å². The van der Waals surface area contributed by atoms with Crippen molar-refractivity contribution >= 4 is 6.29 Å². The van der Waals surface area contributed by atoms with Gasteiger partial charge >= 0.3 is 0 Å². The first-order valence-electron chi connectivity index (χ1n) is 6.62. The van der Waals surface area contributed by atoms with Crippen LogP contribution in [0.3, 0.4) is 0 Å². The zero-order valence-corrected chi connectivity index (χ0v) is 11.4. The van der Waals surface area contributed by atoms with Gasteiger partial charge in [-0.1, -0.05) is 13.3 Å². The molecule has 2 atom stereocenters. The number of aldehydes is 1. The van der Waals surface area contributed by atoms with Crippen molar-refractivity contribution in [2.45, 2.75) is 71.0 Å². The van der Waals surface area contributed by atoms with Crippen molar-refractivity contribution in [2.24, 2.45) is 5.41 Å². The number of carbonyl (C=O) groups is 1. The maximum absolute atomic E-state index is 10.7. The van der Waals surface area contributed by atoms with Crippen molar-refractivity contribution in [1.29, 1.82) is 0 Å². The summed E-state index contributed by atoms with van der Waals surface area (Å²) in [4.78, 5) is 10.7. The summed E-state index contributed by atoms with van der Waals surface area (Å²) in [5.74, 6) is 0. The number of ether oxygens (including phenoxy) is 1. The van der Waals surface area contributed by atoms with E-state index in [0.717, 1.165) is 32.0 Å². The molecule has 0 aromatic rings. The summed E-state index contributed by atoms with van der Waals surface area (Å²) in [6, 6.07) is 0. The SMILES string of the molecule is CC(C)(O)CCOC1CCCC(C)(CC=O)C1. The van der Waals surface area contributed by atoms with Crippen LogP contribution in [0.2, 0.25) is 0 Å². The van der Waals surface area contributed by atoms with Crippen LogP contribution in [0.1, 0.15) is 59.3 Å². The molecule has 0 bridgehead atoms. The summed E-state index contributed by atoms with van der Waals surface area (Å²) < 4.78 is 5.82. The van der Waals surface area contributed by atoms with Gasteiger partial charge in [0.25, 0.3) is 0 Å². The molecular formula is C14H26O3. The van der Waals surface area contributed by atoms with E-state index in [1.54, 1.807) is 13.8 Å². The largest absolute Gasteiger partial charge is 0.390 e. The molecule has 1 fully saturated rings. The Kier molecular flexibility index (Phi) is 5.14. The summed E-state index contributed by atoms with van der Waals surface area (Å²) in [5.41, 5.74) is -0.528. The number of aliphatic hydroxyl groups is 1. The van der Waals surface area contributed by atoms with E-state index in [4.69, 9.17) is 4.74 Å². The van der Waals surface area contributed by atoms with E-state index >= 15 is 0 Å². The predicted octanol–water partition coefficient (Wildman–Crippen LogP) is 2.70. The van der Waals surface area contributed by atoms with Crippen molar-refractivity contribution in [2.75, 3.05) is 6.61 Å². The normalized spacial score (nSPS) is 30.2. The lowest BCUT2D eigenvalue weighted by Crippen LogP contribution is -2.32. The van der Waals surface area contributed by atoms with E-state index in [-0.39, 0.29) is 11.5 Å². The molecule has 3 heteroatoms. The Hall–Kier alpha value is -0.410. The topological polar surface area (TPSA) is 46.5 Å². The fraction of sp³-hybridized carbons (Fsp3) is 0.929. The third-order valence-corrected chi connectivity index (χ3v) is 3.67. The first kappa shape index (κ1) is 14.7. The van der Waals surface area contributed by atoms with Crippen molar-refractivity contribution in [3.05, 3.63) is 0 Å². The Bertz CT molecular complexity index is 244. The highest BCUT2D eigenvalue weighted by molar-refractivity contribution is 5.50. The van der Waals surface area contributed by atoms with Gasteiger partial charge in [0.15, 0.2) is 0 Å². The Morgan fingerprint density at radius 2 is 2.24 bits per heavy atom. The summed E-state index contributed by atoms with van der Waals surface area (Å²) in [7, 11) is 0. The Balaban J connectivity index is 2.32. The van der Waals surface area contributed by atoms with Gasteiger partial charge in [-0.15, -0.1) is 0 Å². The number of hydrogen-bond acceptors (Lipinski definition) is 3. The van der Waals surface area contributed by atoms with E-state index < -0.39 is 5.60 Å². The minimum absolute atomic E-state index is 0.124. The standard InChI is InChI=1S/C14H26O3/c1-13(2,16)8-10-17-12-5-4-6-14(3,11-12)7-9-15/h9,12,16H,4-8,10-11H2,1-3H3. The van der Waals surface area contributed by atoms with Gasteiger partial charge in [-0.25, -0.2) is 0 Å². The van der Waals surface area contributed by atoms with Crippen LogP contribution in [0.5, 0.6) is 0 Å². The van der Waals surface area contributed by atoms with E-state index in [0.29, 0.717) is 19.4 Å². The molecule has 3 nitrogen and oxygen atoms in total. The molecule has 0 aromatic heterocycles. The average molecular weight is 242 g/mol. The zero-order chi connectivity index (χ0) is 12.9. The van der Waals surface area contributed by atoms with Crippen molar-refractivity contribution in [3.8, 4) is 0 Å². The van der Waals surface area contributed by atoms with Crippen LogP contribution >= 0.6 is 0 Å². The molecular weight excluding hydrogens is 216 g/mol. The summed E-state index contributed by atoms with van der Waals surface area (Å²) in [6.45, 7) is 6.37. The number of carbonyl (C=O) groups excluding carboxylic acids is 1. The van der Waals surface area contributed by atoms with Gasteiger partial charge in [0.2, 0.25) is 0 Å². The van der Waals surface area contributed by atoms with Crippen LogP contribution in [0, 0.1) is 5.41 Å². The Morgan fingerprint density at radius 1 is 1.53 bits per heavy atom. The molecule has 1 saturated carbocycles. The second kappa shape index (κ2) is 5.96. The van der Waals surface area contributed by atoms with Crippen LogP contribution in [0.25, 0.3) is 0 Å². The van der Waals surface area contributed by atoms with Crippen molar-refractivity contribution < 1.29 is 14.6 Å². The fourth-order valence-corrected chi connectivity index (χ4v) is 2.51. The highest BCUT2D eigenvalue weighted by Crippen LogP contribution is 2.39. The molecule has 0 spiro atoms. The molecule has 1 aliphatic rings. The molecule has 0 amide bonds. The molecule has 1 N–H and O–H groups in total. The monoisotopic (exact) mass is 242 g/mol. The molecule has 0 aromatic carbocycles. The number of rotatable bonds is 6. The summed E-state index contributed by atoms with van der Waals surface area (Å²) in [6.07, 6.45) is 6.90. The maximum Gasteiger partial charge on any atom is 0.120 e. The van der Waals surface area contributed by atoms with E-state index in [2.05, 4.69) is 6.92 Å². The van der Waals surface area contributed by atoms with E-state index in [1.807, 2.05) is 0 Å². The Morgan fingerprint density at radius 3 is 2.82 bits per heavy atom.